The van der Waals surface area contributed by atoms with Gasteiger partial charge in [0.15, 0.2) is 5.76 Å². The Hall–Kier alpha value is -3.75. The van der Waals surface area contributed by atoms with Gasteiger partial charge in [0, 0.05) is 51.5 Å². The minimum atomic E-state index is -0.594. The van der Waals surface area contributed by atoms with Gasteiger partial charge in [0.25, 0.3) is 0 Å². The lowest BCUT2D eigenvalue weighted by Gasteiger charge is -2.40. The van der Waals surface area contributed by atoms with Crippen LogP contribution in [-0.4, -0.2) is 72.6 Å². The normalized spacial score (nSPS) is 15.8. The molecule has 1 aliphatic heterocycles. The summed E-state index contributed by atoms with van der Waals surface area (Å²) < 4.78 is 16.7. The highest BCUT2D eigenvalue weighted by Gasteiger charge is 2.27. The first kappa shape index (κ1) is 28.8. The number of aromatic nitrogens is 1. The lowest BCUT2D eigenvalue weighted by Crippen LogP contribution is -2.50. The molecule has 1 N–H and O–H groups in total. The van der Waals surface area contributed by atoms with Gasteiger partial charge in [-0.25, -0.2) is 0 Å². The second kappa shape index (κ2) is 14.2. The minimum Gasteiger partial charge on any atom is -0.490 e. The number of para-hydroxylation sites is 1. The zero-order valence-corrected chi connectivity index (χ0v) is 23.9. The third kappa shape index (κ3) is 7.71. The van der Waals surface area contributed by atoms with Crippen LogP contribution in [0, 0.1) is 0 Å². The molecule has 1 fully saturated rings. The summed E-state index contributed by atoms with van der Waals surface area (Å²) >= 11 is 0. The fourth-order valence-electron chi connectivity index (χ4n) is 5.45. The van der Waals surface area contributed by atoms with Crippen LogP contribution in [-0.2, 0) is 11.3 Å². The quantitative estimate of drug-likeness (QED) is 0.247. The van der Waals surface area contributed by atoms with E-state index in [4.69, 9.17) is 14.0 Å². The summed E-state index contributed by atoms with van der Waals surface area (Å²) in [6.45, 7) is 6.87. The van der Waals surface area contributed by atoms with Crippen LogP contribution >= 0.6 is 0 Å². The van der Waals surface area contributed by atoms with E-state index in [0.29, 0.717) is 18.9 Å². The van der Waals surface area contributed by atoms with E-state index in [2.05, 4.69) is 75.6 Å². The molecule has 1 saturated heterocycles. The van der Waals surface area contributed by atoms with Crippen molar-refractivity contribution in [2.24, 2.45) is 0 Å². The van der Waals surface area contributed by atoms with Crippen molar-refractivity contribution in [1.29, 1.82) is 0 Å². The van der Waals surface area contributed by atoms with Crippen molar-refractivity contribution in [2.75, 3.05) is 46.4 Å². The number of piperazine rings is 1. The maximum Gasteiger partial charge on any atom is 0.160 e. The molecule has 1 aliphatic rings. The van der Waals surface area contributed by atoms with Gasteiger partial charge < -0.3 is 19.1 Å². The zero-order valence-electron chi connectivity index (χ0n) is 23.9. The number of aliphatic hydroxyl groups excluding tert-OH is 1. The Morgan fingerprint density at radius 3 is 2.22 bits per heavy atom. The van der Waals surface area contributed by atoms with Crippen molar-refractivity contribution >= 4 is 11.6 Å². The van der Waals surface area contributed by atoms with Crippen molar-refractivity contribution < 1.29 is 19.1 Å². The summed E-state index contributed by atoms with van der Waals surface area (Å²) in [5.74, 6) is 1.39. The molecule has 214 valence electrons. The molecule has 4 aromatic rings. The summed E-state index contributed by atoms with van der Waals surface area (Å²) in [6.07, 6.45) is 1.34. The summed E-state index contributed by atoms with van der Waals surface area (Å²) in [6, 6.07) is 31.4. The van der Waals surface area contributed by atoms with E-state index < -0.39 is 6.10 Å². The number of rotatable bonds is 12. The van der Waals surface area contributed by atoms with Gasteiger partial charge in [-0.15, -0.1) is 0 Å². The molecular weight excluding hydrogens is 514 g/mol. The maximum atomic E-state index is 10.9. The van der Waals surface area contributed by atoms with E-state index in [1.54, 1.807) is 7.11 Å². The number of ether oxygens (including phenoxy) is 2. The number of allylic oxidation sites excluding steroid dienone is 1. The van der Waals surface area contributed by atoms with E-state index in [0.717, 1.165) is 48.8 Å². The fraction of sp³-hybridized carbons (Fsp3) is 0.324. The smallest absolute Gasteiger partial charge is 0.160 e. The summed E-state index contributed by atoms with van der Waals surface area (Å²) in [4.78, 5) is 4.87. The van der Waals surface area contributed by atoms with Gasteiger partial charge in [0.1, 0.15) is 24.2 Å². The van der Waals surface area contributed by atoms with E-state index in [1.165, 1.54) is 11.1 Å². The highest BCUT2D eigenvalue weighted by atomic mass is 16.5. The molecule has 0 saturated carbocycles. The molecule has 0 amide bonds. The van der Waals surface area contributed by atoms with Crippen LogP contribution < -0.4 is 4.74 Å². The maximum absolute atomic E-state index is 10.9. The van der Waals surface area contributed by atoms with E-state index in [-0.39, 0.29) is 12.6 Å². The number of hydrogen-bond donors (Lipinski definition) is 1. The molecule has 1 aromatic heterocycles. The van der Waals surface area contributed by atoms with Gasteiger partial charge in [0.05, 0.1) is 12.6 Å². The average molecular weight is 554 g/mol. The SMILES string of the molecule is COCc1cc(/C=C(/C)c2ccccc2OCC(O)CN2CCN(C(c3ccccc3)c3ccccc3)CC2)on1. The number of methoxy groups -OCH3 is 1. The van der Waals surface area contributed by atoms with Crippen LogP contribution in [0.1, 0.15) is 41.1 Å². The first-order chi connectivity index (χ1) is 20.1. The molecule has 1 unspecified atom stereocenters. The van der Waals surface area contributed by atoms with Gasteiger partial charge in [-0.2, -0.15) is 0 Å². The van der Waals surface area contributed by atoms with E-state index >= 15 is 0 Å². The number of β-amino-alcohol motifs (C(OH)–C–C–N with tert-alkyl or cyclic N) is 1. The Morgan fingerprint density at radius 1 is 0.927 bits per heavy atom. The molecule has 0 spiro atoms. The van der Waals surface area contributed by atoms with Gasteiger partial charge in [0.2, 0.25) is 0 Å². The first-order valence-electron chi connectivity index (χ1n) is 14.2. The Bertz CT molecular complexity index is 1340. The molecule has 3 aromatic carbocycles. The lowest BCUT2D eigenvalue weighted by molar-refractivity contribution is 0.0400. The highest BCUT2D eigenvalue weighted by molar-refractivity contribution is 5.81. The summed E-state index contributed by atoms with van der Waals surface area (Å²) in [5, 5.41) is 14.9. The first-order valence-corrected chi connectivity index (χ1v) is 14.2. The number of nitrogens with zero attached hydrogens (tertiary/aromatic N) is 3. The molecule has 2 heterocycles. The van der Waals surface area contributed by atoms with E-state index in [9.17, 15) is 5.11 Å². The van der Waals surface area contributed by atoms with Crippen molar-refractivity contribution in [3.63, 3.8) is 0 Å². The summed E-state index contributed by atoms with van der Waals surface area (Å²) in [7, 11) is 1.63. The van der Waals surface area contributed by atoms with Crippen molar-refractivity contribution in [3.05, 3.63) is 119 Å². The van der Waals surface area contributed by atoms with Crippen LogP contribution in [0.25, 0.3) is 11.6 Å². The topological polar surface area (TPSA) is 71.2 Å². The van der Waals surface area contributed by atoms with Crippen LogP contribution in [0.3, 0.4) is 0 Å². The predicted molar refractivity (Wildman–Crippen MR) is 161 cm³/mol. The Balaban J connectivity index is 1.16. The lowest BCUT2D eigenvalue weighted by atomic mass is 9.96. The van der Waals surface area contributed by atoms with Crippen LogP contribution in [0.2, 0.25) is 0 Å². The molecular formula is C34H39N3O4. The van der Waals surface area contributed by atoms with E-state index in [1.807, 2.05) is 43.3 Å². The molecule has 1 atom stereocenters. The molecule has 0 bridgehead atoms. The summed E-state index contributed by atoms with van der Waals surface area (Å²) in [5.41, 5.74) is 5.30. The second-order valence-corrected chi connectivity index (χ2v) is 10.5. The van der Waals surface area contributed by atoms with Crippen molar-refractivity contribution in [1.82, 2.24) is 15.0 Å². The Kier molecular flexibility index (Phi) is 9.99. The van der Waals surface area contributed by atoms with Gasteiger partial charge >= 0.3 is 0 Å². The zero-order chi connectivity index (χ0) is 28.4. The monoisotopic (exact) mass is 553 g/mol. The largest absolute Gasteiger partial charge is 0.490 e. The second-order valence-electron chi connectivity index (χ2n) is 10.5. The number of hydrogen-bond acceptors (Lipinski definition) is 7. The third-order valence-electron chi connectivity index (χ3n) is 7.44. The van der Waals surface area contributed by atoms with Crippen LogP contribution in [0.15, 0.2) is 95.5 Å². The van der Waals surface area contributed by atoms with Gasteiger partial charge in [-0.05, 0) is 35.8 Å². The van der Waals surface area contributed by atoms with Gasteiger partial charge in [-0.3, -0.25) is 9.80 Å². The molecule has 0 aliphatic carbocycles. The number of aliphatic hydroxyl groups is 1. The number of benzene rings is 3. The van der Waals surface area contributed by atoms with Crippen molar-refractivity contribution in [3.8, 4) is 5.75 Å². The molecule has 7 nitrogen and oxygen atoms in total. The molecule has 7 heteroatoms. The average Bonchev–Trinajstić information content (AvgIpc) is 3.45. The fourth-order valence-corrected chi connectivity index (χ4v) is 5.45. The molecule has 0 radical (unpaired) electrons. The predicted octanol–water partition coefficient (Wildman–Crippen LogP) is 5.53. The minimum absolute atomic E-state index is 0.224. The van der Waals surface area contributed by atoms with Gasteiger partial charge in [-0.1, -0.05) is 84.0 Å². The Morgan fingerprint density at radius 2 is 1.56 bits per heavy atom. The van der Waals surface area contributed by atoms with Crippen molar-refractivity contribution in [2.45, 2.75) is 25.7 Å². The molecule has 5 rings (SSSR count). The van der Waals surface area contributed by atoms with Crippen LogP contribution in [0.4, 0.5) is 0 Å². The Labute approximate surface area is 242 Å². The standard InChI is InChI=1S/C34H39N3O4/c1-26(21-31-22-29(24-39-2)35-41-31)32-15-9-10-16-33(32)40-25-30(38)23-36-17-19-37(20-18-36)34(27-11-5-3-6-12-27)28-13-7-4-8-14-28/h3-16,21-22,30,34,38H,17-20,23-25H2,1-2H3/b26-21-. The molecule has 41 heavy (non-hydrogen) atoms. The van der Waals surface area contributed by atoms with Crippen LogP contribution in [0.5, 0.6) is 5.75 Å². The third-order valence-corrected chi connectivity index (χ3v) is 7.44. The highest BCUT2D eigenvalue weighted by Crippen LogP contribution is 2.30.